The molecule has 2 aromatic carbocycles. The Morgan fingerprint density at radius 1 is 1.00 bits per heavy atom. The van der Waals surface area contributed by atoms with Gasteiger partial charge in [-0.05, 0) is 79.1 Å². The molecule has 2 N–H and O–H groups in total. The Morgan fingerprint density at radius 3 is 2.44 bits per heavy atom. The number of allylic oxidation sites excluding steroid dienone is 3. The van der Waals surface area contributed by atoms with Crippen molar-refractivity contribution >= 4 is 23.1 Å². The van der Waals surface area contributed by atoms with Crippen LogP contribution in [0.1, 0.15) is 47.7 Å². The second-order valence-corrected chi connectivity index (χ2v) is 6.79. The van der Waals surface area contributed by atoms with Gasteiger partial charge in [-0.3, -0.25) is 4.79 Å². The summed E-state index contributed by atoms with van der Waals surface area (Å²) in [7, 11) is 0. The molecule has 138 valence electrons. The van der Waals surface area contributed by atoms with E-state index in [0.29, 0.717) is 5.69 Å². The van der Waals surface area contributed by atoms with Crippen LogP contribution in [-0.4, -0.2) is 17.0 Å². The first kappa shape index (κ1) is 18.6. The molecular formula is C23H23NO3. The number of amides is 1. The van der Waals surface area contributed by atoms with Crippen LogP contribution in [-0.2, 0) is 11.2 Å². The molecule has 1 aliphatic carbocycles. The first-order valence-electron chi connectivity index (χ1n) is 9.14. The molecule has 0 fully saturated rings. The van der Waals surface area contributed by atoms with Crippen molar-refractivity contribution < 1.29 is 14.7 Å². The maximum atomic E-state index is 12.3. The van der Waals surface area contributed by atoms with Gasteiger partial charge in [-0.2, -0.15) is 0 Å². The first-order valence-corrected chi connectivity index (χ1v) is 9.14. The predicted octanol–water partition coefficient (Wildman–Crippen LogP) is 5.08. The van der Waals surface area contributed by atoms with Gasteiger partial charge in [0, 0.05) is 11.8 Å². The van der Waals surface area contributed by atoms with E-state index in [0.717, 1.165) is 24.8 Å². The minimum Gasteiger partial charge on any atom is -0.478 e. The highest BCUT2D eigenvalue weighted by Gasteiger charge is 2.12. The van der Waals surface area contributed by atoms with E-state index in [9.17, 15) is 9.59 Å². The van der Waals surface area contributed by atoms with Crippen molar-refractivity contribution in [2.24, 2.45) is 0 Å². The summed E-state index contributed by atoms with van der Waals surface area (Å²) in [4.78, 5) is 23.1. The molecule has 3 rings (SSSR count). The van der Waals surface area contributed by atoms with Crippen LogP contribution >= 0.6 is 0 Å². The van der Waals surface area contributed by atoms with Gasteiger partial charge in [-0.25, -0.2) is 4.79 Å². The minimum absolute atomic E-state index is 0.191. The van der Waals surface area contributed by atoms with Crippen molar-refractivity contribution in [3.63, 3.8) is 0 Å². The Morgan fingerprint density at radius 2 is 1.70 bits per heavy atom. The summed E-state index contributed by atoms with van der Waals surface area (Å²) in [5.41, 5.74) is 5.58. The molecule has 0 heterocycles. The van der Waals surface area contributed by atoms with Crippen molar-refractivity contribution in [3.05, 3.63) is 82.9 Å². The fourth-order valence-electron chi connectivity index (χ4n) is 3.36. The van der Waals surface area contributed by atoms with Crippen LogP contribution in [0, 0.1) is 0 Å². The van der Waals surface area contributed by atoms with Crippen LogP contribution in [0.4, 0.5) is 5.69 Å². The van der Waals surface area contributed by atoms with Gasteiger partial charge >= 0.3 is 5.97 Å². The van der Waals surface area contributed by atoms with Crippen molar-refractivity contribution in [2.75, 3.05) is 5.32 Å². The van der Waals surface area contributed by atoms with Crippen LogP contribution in [0.3, 0.4) is 0 Å². The van der Waals surface area contributed by atoms with Crippen molar-refractivity contribution in [1.82, 2.24) is 0 Å². The predicted molar refractivity (Wildman–Crippen MR) is 108 cm³/mol. The summed E-state index contributed by atoms with van der Waals surface area (Å²) in [5, 5.41) is 11.7. The second kappa shape index (κ2) is 8.49. The number of hydrogen-bond donors (Lipinski definition) is 2. The molecule has 0 saturated heterocycles. The summed E-state index contributed by atoms with van der Waals surface area (Å²) in [6.45, 7) is 1.92. The molecule has 0 aliphatic heterocycles. The SMILES string of the molecule is CC(=C/C(=O)Nc1ccc(C(=O)O)cc1)/C=C1\CCCCc2ccccc21. The van der Waals surface area contributed by atoms with E-state index in [1.165, 1.54) is 35.3 Å². The Balaban J connectivity index is 1.74. The molecule has 4 nitrogen and oxygen atoms in total. The Bertz CT molecular complexity index is 907. The molecule has 0 spiro atoms. The van der Waals surface area contributed by atoms with Crippen LogP contribution in [0.5, 0.6) is 0 Å². The number of rotatable bonds is 4. The third-order valence-electron chi connectivity index (χ3n) is 4.67. The number of carboxylic acid groups (broad SMARTS) is 1. The average molecular weight is 361 g/mol. The van der Waals surface area contributed by atoms with Gasteiger partial charge in [0.2, 0.25) is 5.91 Å². The van der Waals surface area contributed by atoms with E-state index in [-0.39, 0.29) is 11.5 Å². The van der Waals surface area contributed by atoms with Crippen LogP contribution in [0.2, 0.25) is 0 Å². The maximum absolute atomic E-state index is 12.3. The smallest absolute Gasteiger partial charge is 0.335 e. The third kappa shape index (κ3) is 4.94. The second-order valence-electron chi connectivity index (χ2n) is 6.79. The number of aryl methyl sites for hydroxylation is 1. The van der Waals surface area contributed by atoms with Gasteiger partial charge in [0.1, 0.15) is 0 Å². The number of carbonyl (C=O) groups excluding carboxylic acids is 1. The van der Waals surface area contributed by atoms with Crippen LogP contribution in [0.25, 0.3) is 5.57 Å². The lowest BCUT2D eigenvalue weighted by Crippen LogP contribution is -2.08. The van der Waals surface area contributed by atoms with E-state index < -0.39 is 5.97 Å². The van der Waals surface area contributed by atoms with Gasteiger partial charge in [-0.15, -0.1) is 0 Å². The highest BCUT2D eigenvalue weighted by molar-refractivity contribution is 6.00. The zero-order valence-electron chi connectivity index (χ0n) is 15.4. The lowest BCUT2D eigenvalue weighted by Gasteiger charge is -2.09. The summed E-state index contributed by atoms with van der Waals surface area (Å²) < 4.78 is 0. The Kier molecular flexibility index (Phi) is 5.87. The molecule has 1 aliphatic rings. The van der Waals surface area contributed by atoms with E-state index >= 15 is 0 Å². The number of carboxylic acids is 1. The fraction of sp³-hybridized carbons (Fsp3) is 0.217. The first-order chi connectivity index (χ1) is 13.0. The lowest BCUT2D eigenvalue weighted by molar-refractivity contribution is -0.111. The van der Waals surface area contributed by atoms with Crippen molar-refractivity contribution in [2.45, 2.75) is 32.6 Å². The van der Waals surface area contributed by atoms with Crippen LogP contribution < -0.4 is 5.32 Å². The lowest BCUT2D eigenvalue weighted by atomic mass is 9.97. The zero-order valence-corrected chi connectivity index (χ0v) is 15.4. The van der Waals surface area contributed by atoms with E-state index in [1.54, 1.807) is 18.2 Å². The quantitative estimate of drug-likeness (QED) is 0.589. The van der Waals surface area contributed by atoms with Gasteiger partial charge in [0.15, 0.2) is 0 Å². The van der Waals surface area contributed by atoms with E-state index in [4.69, 9.17) is 5.11 Å². The fourth-order valence-corrected chi connectivity index (χ4v) is 3.36. The summed E-state index contributed by atoms with van der Waals surface area (Å²) in [6.07, 6.45) is 8.12. The minimum atomic E-state index is -0.987. The molecular weight excluding hydrogens is 338 g/mol. The molecule has 0 atom stereocenters. The molecule has 2 aromatic rings. The van der Waals surface area contributed by atoms with Gasteiger partial charge in [0.05, 0.1) is 5.56 Å². The summed E-state index contributed by atoms with van der Waals surface area (Å²) in [5.74, 6) is -1.21. The zero-order chi connectivity index (χ0) is 19.2. The standard InChI is InChI=1S/C23H23NO3/c1-16(14-19-8-3-2-6-17-7-4-5-9-21(17)19)15-22(25)24-20-12-10-18(11-13-20)23(26)27/h4-5,7,9-15H,2-3,6,8H2,1H3,(H,24,25)(H,26,27)/b16-15-,19-14+. The Labute approximate surface area is 159 Å². The van der Waals surface area contributed by atoms with E-state index in [1.807, 2.05) is 6.92 Å². The largest absolute Gasteiger partial charge is 0.478 e. The maximum Gasteiger partial charge on any atom is 0.335 e. The molecule has 4 heteroatoms. The molecule has 0 saturated carbocycles. The van der Waals surface area contributed by atoms with Gasteiger partial charge in [-0.1, -0.05) is 30.3 Å². The monoisotopic (exact) mass is 361 g/mol. The third-order valence-corrected chi connectivity index (χ3v) is 4.67. The number of carbonyl (C=O) groups is 2. The molecule has 27 heavy (non-hydrogen) atoms. The number of hydrogen-bond acceptors (Lipinski definition) is 2. The van der Waals surface area contributed by atoms with E-state index in [2.05, 4.69) is 35.7 Å². The molecule has 0 aromatic heterocycles. The van der Waals surface area contributed by atoms with Gasteiger partial charge < -0.3 is 10.4 Å². The molecule has 0 radical (unpaired) electrons. The number of aromatic carboxylic acids is 1. The highest BCUT2D eigenvalue weighted by Crippen LogP contribution is 2.30. The normalized spacial score (nSPS) is 15.7. The molecule has 0 bridgehead atoms. The van der Waals surface area contributed by atoms with Crippen molar-refractivity contribution in [1.29, 1.82) is 0 Å². The van der Waals surface area contributed by atoms with Crippen LogP contribution in [0.15, 0.2) is 66.3 Å². The number of anilines is 1. The number of fused-ring (bicyclic) bond motifs is 1. The molecule has 0 unspecified atom stereocenters. The number of benzene rings is 2. The van der Waals surface area contributed by atoms with Crippen molar-refractivity contribution in [3.8, 4) is 0 Å². The van der Waals surface area contributed by atoms with Gasteiger partial charge in [0.25, 0.3) is 0 Å². The summed E-state index contributed by atoms with van der Waals surface area (Å²) in [6, 6.07) is 14.6. The topological polar surface area (TPSA) is 66.4 Å². The average Bonchev–Trinajstić information content (AvgIpc) is 2.84. The molecule has 1 amide bonds. The number of nitrogens with one attached hydrogen (secondary N) is 1. The summed E-state index contributed by atoms with van der Waals surface area (Å²) >= 11 is 0. The highest BCUT2D eigenvalue weighted by atomic mass is 16.4. The Hall–Kier alpha value is -3.14.